The average molecular weight is 209 g/mol. The molecule has 1 atom stereocenters. The van der Waals surface area contributed by atoms with Crippen LogP contribution in [-0.4, -0.2) is 30.3 Å². The SMILES string of the molecule is C[C@H](Cc1ccccc1)N(C)CCS. The number of thiol groups is 1. The van der Waals surface area contributed by atoms with Gasteiger partial charge in [-0.3, -0.25) is 0 Å². The number of likely N-dealkylation sites (N-methyl/N-ethyl adjacent to an activating group) is 1. The minimum absolute atomic E-state index is 0.588. The van der Waals surface area contributed by atoms with E-state index in [9.17, 15) is 0 Å². The van der Waals surface area contributed by atoms with Gasteiger partial charge in [0.2, 0.25) is 0 Å². The Bertz CT molecular complexity index is 248. The van der Waals surface area contributed by atoms with Gasteiger partial charge >= 0.3 is 0 Å². The van der Waals surface area contributed by atoms with E-state index in [1.54, 1.807) is 0 Å². The Morgan fingerprint density at radius 1 is 1.29 bits per heavy atom. The van der Waals surface area contributed by atoms with Gasteiger partial charge in [-0.2, -0.15) is 12.6 Å². The molecule has 0 saturated carbocycles. The first-order valence-electron chi connectivity index (χ1n) is 5.09. The van der Waals surface area contributed by atoms with Gasteiger partial charge in [0.1, 0.15) is 0 Å². The summed E-state index contributed by atoms with van der Waals surface area (Å²) in [7, 11) is 2.16. The van der Waals surface area contributed by atoms with Gasteiger partial charge < -0.3 is 4.90 Å². The van der Waals surface area contributed by atoms with Crippen molar-refractivity contribution in [2.75, 3.05) is 19.3 Å². The lowest BCUT2D eigenvalue weighted by Crippen LogP contribution is -2.32. The van der Waals surface area contributed by atoms with Gasteiger partial charge in [0.15, 0.2) is 0 Å². The molecule has 1 aromatic carbocycles. The van der Waals surface area contributed by atoms with E-state index in [1.165, 1.54) is 5.56 Å². The molecule has 0 heterocycles. The quantitative estimate of drug-likeness (QED) is 0.729. The summed E-state index contributed by atoms with van der Waals surface area (Å²) in [6.07, 6.45) is 1.12. The molecule has 0 aliphatic heterocycles. The molecule has 0 aliphatic carbocycles. The van der Waals surface area contributed by atoms with E-state index in [1.807, 2.05) is 0 Å². The number of benzene rings is 1. The van der Waals surface area contributed by atoms with Crippen LogP contribution in [0.25, 0.3) is 0 Å². The predicted octanol–water partition coefficient (Wildman–Crippen LogP) is 2.48. The van der Waals surface area contributed by atoms with E-state index in [4.69, 9.17) is 0 Å². The van der Waals surface area contributed by atoms with Crippen LogP contribution in [0.4, 0.5) is 0 Å². The topological polar surface area (TPSA) is 3.24 Å². The van der Waals surface area contributed by atoms with Crippen LogP contribution in [0.5, 0.6) is 0 Å². The Balaban J connectivity index is 2.44. The van der Waals surface area contributed by atoms with Gasteiger partial charge in [-0.25, -0.2) is 0 Å². The van der Waals surface area contributed by atoms with Crippen LogP contribution >= 0.6 is 12.6 Å². The van der Waals surface area contributed by atoms with E-state index in [0.29, 0.717) is 6.04 Å². The smallest absolute Gasteiger partial charge is 0.0105 e. The lowest BCUT2D eigenvalue weighted by atomic mass is 10.1. The van der Waals surface area contributed by atoms with Crippen molar-refractivity contribution in [2.45, 2.75) is 19.4 Å². The lowest BCUT2D eigenvalue weighted by molar-refractivity contribution is 0.272. The molecule has 1 rings (SSSR count). The molecule has 0 spiro atoms. The highest BCUT2D eigenvalue weighted by atomic mass is 32.1. The van der Waals surface area contributed by atoms with Crippen LogP contribution in [0, 0.1) is 0 Å². The van der Waals surface area contributed by atoms with Crippen LogP contribution < -0.4 is 0 Å². The van der Waals surface area contributed by atoms with E-state index in [0.717, 1.165) is 18.7 Å². The predicted molar refractivity (Wildman–Crippen MR) is 66.1 cm³/mol. The van der Waals surface area contributed by atoms with Gasteiger partial charge in [-0.1, -0.05) is 30.3 Å². The lowest BCUT2D eigenvalue weighted by Gasteiger charge is -2.23. The Morgan fingerprint density at radius 2 is 1.93 bits per heavy atom. The summed E-state index contributed by atoms with van der Waals surface area (Å²) in [5.41, 5.74) is 1.41. The third-order valence-electron chi connectivity index (χ3n) is 2.58. The van der Waals surface area contributed by atoms with Gasteiger partial charge in [-0.05, 0) is 26.0 Å². The number of nitrogens with zero attached hydrogens (tertiary/aromatic N) is 1. The fourth-order valence-corrected chi connectivity index (χ4v) is 1.80. The molecule has 0 radical (unpaired) electrons. The summed E-state index contributed by atoms with van der Waals surface area (Å²) in [6, 6.07) is 11.2. The summed E-state index contributed by atoms with van der Waals surface area (Å²) < 4.78 is 0. The second kappa shape index (κ2) is 6.10. The molecule has 0 amide bonds. The summed E-state index contributed by atoms with van der Waals surface area (Å²) in [6.45, 7) is 3.31. The largest absolute Gasteiger partial charge is 0.303 e. The summed E-state index contributed by atoms with van der Waals surface area (Å²) in [4.78, 5) is 2.35. The number of rotatable bonds is 5. The molecule has 14 heavy (non-hydrogen) atoms. The molecule has 0 N–H and O–H groups in total. The van der Waals surface area contributed by atoms with E-state index in [-0.39, 0.29) is 0 Å². The standard InChI is InChI=1S/C12H19NS/c1-11(13(2)8-9-14)10-12-6-4-3-5-7-12/h3-7,11,14H,8-10H2,1-2H3/t11-/m1/s1. The first kappa shape index (κ1) is 11.6. The Kier molecular flexibility index (Phi) is 5.05. The van der Waals surface area contributed by atoms with Crippen molar-refractivity contribution in [3.05, 3.63) is 35.9 Å². The van der Waals surface area contributed by atoms with Crippen molar-refractivity contribution < 1.29 is 0 Å². The van der Waals surface area contributed by atoms with Gasteiger partial charge in [-0.15, -0.1) is 0 Å². The van der Waals surface area contributed by atoms with E-state index < -0.39 is 0 Å². The molecule has 0 saturated heterocycles. The van der Waals surface area contributed by atoms with Crippen LogP contribution in [0.1, 0.15) is 12.5 Å². The van der Waals surface area contributed by atoms with Crippen molar-refractivity contribution in [1.29, 1.82) is 0 Å². The Hall–Kier alpha value is -0.470. The molecule has 0 fully saturated rings. The fourth-order valence-electron chi connectivity index (χ4n) is 1.49. The molecular weight excluding hydrogens is 190 g/mol. The molecule has 1 nitrogen and oxygen atoms in total. The molecule has 0 bridgehead atoms. The minimum Gasteiger partial charge on any atom is -0.303 e. The second-order valence-corrected chi connectivity index (χ2v) is 4.19. The van der Waals surface area contributed by atoms with Crippen LogP contribution in [-0.2, 0) is 6.42 Å². The van der Waals surface area contributed by atoms with Crippen molar-refractivity contribution in [3.63, 3.8) is 0 Å². The highest BCUT2D eigenvalue weighted by Crippen LogP contribution is 2.06. The Morgan fingerprint density at radius 3 is 2.50 bits per heavy atom. The summed E-state index contributed by atoms with van der Waals surface area (Å²) >= 11 is 4.24. The first-order valence-corrected chi connectivity index (χ1v) is 5.72. The van der Waals surface area contributed by atoms with Crippen LogP contribution in [0.15, 0.2) is 30.3 Å². The summed E-state index contributed by atoms with van der Waals surface area (Å²) in [5.74, 6) is 0.926. The minimum atomic E-state index is 0.588. The van der Waals surface area contributed by atoms with E-state index >= 15 is 0 Å². The number of hydrogen-bond donors (Lipinski definition) is 1. The molecule has 0 unspecified atom stereocenters. The highest BCUT2D eigenvalue weighted by Gasteiger charge is 2.08. The zero-order valence-corrected chi connectivity index (χ0v) is 9.87. The van der Waals surface area contributed by atoms with Crippen molar-refractivity contribution >= 4 is 12.6 Å². The normalized spacial score (nSPS) is 13.1. The Labute approximate surface area is 92.5 Å². The molecule has 78 valence electrons. The maximum Gasteiger partial charge on any atom is 0.0105 e. The van der Waals surface area contributed by atoms with Crippen LogP contribution in [0.2, 0.25) is 0 Å². The third kappa shape index (κ3) is 3.72. The zero-order chi connectivity index (χ0) is 10.4. The van der Waals surface area contributed by atoms with Gasteiger partial charge in [0, 0.05) is 18.3 Å². The third-order valence-corrected chi connectivity index (χ3v) is 2.78. The fraction of sp³-hybridized carbons (Fsp3) is 0.500. The molecule has 0 aromatic heterocycles. The maximum absolute atomic E-state index is 4.24. The van der Waals surface area contributed by atoms with Crippen molar-refractivity contribution in [2.24, 2.45) is 0 Å². The molecule has 2 heteroatoms. The summed E-state index contributed by atoms with van der Waals surface area (Å²) in [5, 5.41) is 0. The molecule has 1 aromatic rings. The molecule has 0 aliphatic rings. The van der Waals surface area contributed by atoms with Crippen molar-refractivity contribution in [1.82, 2.24) is 4.90 Å². The second-order valence-electron chi connectivity index (χ2n) is 3.74. The maximum atomic E-state index is 4.24. The van der Waals surface area contributed by atoms with E-state index in [2.05, 4.69) is 61.8 Å². The monoisotopic (exact) mass is 209 g/mol. The highest BCUT2D eigenvalue weighted by molar-refractivity contribution is 7.80. The van der Waals surface area contributed by atoms with Gasteiger partial charge in [0.05, 0.1) is 0 Å². The average Bonchev–Trinajstić information content (AvgIpc) is 2.19. The number of hydrogen-bond acceptors (Lipinski definition) is 2. The van der Waals surface area contributed by atoms with Crippen LogP contribution in [0.3, 0.4) is 0 Å². The zero-order valence-electron chi connectivity index (χ0n) is 8.98. The molecular formula is C12H19NS. The first-order chi connectivity index (χ1) is 6.74. The van der Waals surface area contributed by atoms with Gasteiger partial charge in [0.25, 0.3) is 0 Å². The van der Waals surface area contributed by atoms with Crippen molar-refractivity contribution in [3.8, 4) is 0 Å².